The average Bonchev–Trinajstić information content (AvgIpc) is 2.71. The van der Waals surface area contributed by atoms with Gasteiger partial charge in [0.15, 0.2) is 11.9 Å². The molecule has 0 aliphatic rings. The molecule has 0 saturated carbocycles. The van der Waals surface area contributed by atoms with Gasteiger partial charge in [-0.3, -0.25) is 9.78 Å². The lowest BCUT2D eigenvalue weighted by molar-refractivity contribution is 0.112. The van der Waals surface area contributed by atoms with E-state index in [9.17, 15) is 4.79 Å². The first kappa shape index (κ1) is 12.6. The smallest absolute Gasteiger partial charge is 0.160 e. The van der Waals surface area contributed by atoms with Crippen LogP contribution < -0.4 is 5.73 Å². The van der Waals surface area contributed by atoms with E-state index in [0.29, 0.717) is 45.2 Å². The van der Waals surface area contributed by atoms with Crippen molar-refractivity contribution >= 4 is 34.9 Å². The predicted molar refractivity (Wildman–Crippen MR) is 76.5 cm³/mol. The second-order valence-corrected chi connectivity index (χ2v) is 4.70. The fraction of sp³-hybridized carbons (Fsp3) is 0.0769. The summed E-state index contributed by atoms with van der Waals surface area (Å²) < 4.78 is 1.63. The third-order valence-corrected chi connectivity index (χ3v) is 3.29. The first-order valence-electron chi connectivity index (χ1n) is 5.80. The van der Waals surface area contributed by atoms with Crippen LogP contribution in [0.1, 0.15) is 10.4 Å². The fourth-order valence-electron chi connectivity index (χ4n) is 1.99. The van der Waals surface area contributed by atoms with E-state index in [1.54, 1.807) is 29.9 Å². The van der Waals surface area contributed by atoms with Gasteiger partial charge in [-0.1, -0.05) is 11.6 Å². The zero-order valence-electron chi connectivity index (χ0n) is 10.5. The number of anilines is 1. The molecule has 0 radical (unpaired) electrons. The molecule has 3 heterocycles. The van der Waals surface area contributed by atoms with Crippen molar-refractivity contribution in [1.29, 1.82) is 0 Å². The van der Waals surface area contributed by atoms with Crippen LogP contribution in [0.3, 0.4) is 0 Å². The van der Waals surface area contributed by atoms with E-state index < -0.39 is 0 Å². The Bertz CT molecular complexity index is 810. The molecule has 3 aromatic rings. The molecule has 3 rings (SSSR count). The number of aromatic nitrogens is 4. The Labute approximate surface area is 119 Å². The molecule has 6 nitrogen and oxygen atoms in total. The van der Waals surface area contributed by atoms with Crippen molar-refractivity contribution in [2.24, 2.45) is 7.05 Å². The molecule has 100 valence electrons. The molecule has 2 N–H and O–H groups in total. The molecule has 0 saturated heterocycles. The molecule has 0 spiro atoms. The maximum absolute atomic E-state index is 11.2. The van der Waals surface area contributed by atoms with Crippen LogP contribution in [0.15, 0.2) is 24.5 Å². The Kier molecular flexibility index (Phi) is 2.87. The zero-order chi connectivity index (χ0) is 14.3. The highest BCUT2D eigenvalue weighted by molar-refractivity contribution is 6.30. The number of pyridine rings is 1. The third-order valence-electron chi connectivity index (χ3n) is 3.07. The van der Waals surface area contributed by atoms with E-state index in [1.807, 2.05) is 0 Å². The first-order valence-corrected chi connectivity index (χ1v) is 6.17. The standard InChI is InChI=1S/C13H10ClN5O/c1-19-12(15)8(6-20)11-13(19)17-5-10(18-11)9-3-2-7(14)4-16-9/h2-6H,15H2,1H3. The molecule has 0 aliphatic heterocycles. The van der Waals surface area contributed by atoms with Gasteiger partial charge in [-0.05, 0) is 12.1 Å². The molecular weight excluding hydrogens is 278 g/mol. The Morgan fingerprint density at radius 1 is 1.25 bits per heavy atom. The van der Waals surface area contributed by atoms with Crippen LogP contribution >= 0.6 is 11.6 Å². The number of nitrogen functional groups attached to an aromatic ring is 1. The third kappa shape index (κ3) is 1.81. The summed E-state index contributed by atoms with van der Waals surface area (Å²) >= 11 is 5.80. The van der Waals surface area contributed by atoms with E-state index in [2.05, 4.69) is 15.0 Å². The van der Waals surface area contributed by atoms with E-state index in [0.717, 1.165) is 0 Å². The SMILES string of the molecule is Cn1c(N)c(C=O)c2nc(-c3ccc(Cl)cn3)cnc21. The normalized spacial score (nSPS) is 10.9. The predicted octanol–water partition coefficient (Wildman–Crippen LogP) is 2.08. The van der Waals surface area contributed by atoms with Crippen LogP contribution in [0.25, 0.3) is 22.6 Å². The van der Waals surface area contributed by atoms with Gasteiger partial charge in [0.25, 0.3) is 0 Å². The number of halogens is 1. The van der Waals surface area contributed by atoms with Crippen molar-refractivity contribution < 1.29 is 4.79 Å². The lowest BCUT2D eigenvalue weighted by atomic mass is 10.2. The highest BCUT2D eigenvalue weighted by Gasteiger charge is 2.16. The summed E-state index contributed by atoms with van der Waals surface area (Å²) in [5.74, 6) is 0.344. The van der Waals surface area contributed by atoms with Crippen molar-refractivity contribution in [1.82, 2.24) is 19.5 Å². The Hall–Kier alpha value is -2.47. The Morgan fingerprint density at radius 2 is 2.05 bits per heavy atom. The van der Waals surface area contributed by atoms with Gasteiger partial charge in [0.1, 0.15) is 17.0 Å². The number of carbonyl (C=O) groups excluding carboxylic acids is 1. The van der Waals surface area contributed by atoms with Crippen molar-refractivity contribution in [2.45, 2.75) is 0 Å². The summed E-state index contributed by atoms with van der Waals surface area (Å²) in [6.45, 7) is 0. The number of hydrogen-bond donors (Lipinski definition) is 1. The first-order chi connectivity index (χ1) is 9.61. The lowest BCUT2D eigenvalue weighted by Crippen LogP contribution is -1.98. The zero-order valence-corrected chi connectivity index (χ0v) is 11.3. The molecule has 0 aromatic carbocycles. The quantitative estimate of drug-likeness (QED) is 0.729. The summed E-state index contributed by atoms with van der Waals surface area (Å²) in [4.78, 5) is 24.1. The van der Waals surface area contributed by atoms with Crippen LogP contribution in [0.2, 0.25) is 5.02 Å². The minimum atomic E-state index is 0.339. The van der Waals surface area contributed by atoms with Crippen LogP contribution in [0.5, 0.6) is 0 Å². The topological polar surface area (TPSA) is 86.7 Å². The molecule has 7 heteroatoms. The molecule has 0 bridgehead atoms. The van der Waals surface area contributed by atoms with E-state index >= 15 is 0 Å². The number of fused-ring (bicyclic) bond motifs is 1. The van der Waals surface area contributed by atoms with Gasteiger partial charge in [-0.25, -0.2) is 9.97 Å². The molecule has 3 aromatic heterocycles. The summed E-state index contributed by atoms with van der Waals surface area (Å²) in [5, 5.41) is 0.542. The number of nitrogens with zero attached hydrogens (tertiary/aromatic N) is 4. The van der Waals surface area contributed by atoms with Gasteiger partial charge in [-0.15, -0.1) is 0 Å². The highest BCUT2D eigenvalue weighted by atomic mass is 35.5. The van der Waals surface area contributed by atoms with Gasteiger partial charge < -0.3 is 10.3 Å². The summed E-state index contributed by atoms with van der Waals surface area (Å²) in [6, 6.07) is 3.46. The maximum Gasteiger partial charge on any atom is 0.160 e. The molecule has 0 aliphatic carbocycles. The van der Waals surface area contributed by atoms with E-state index in [-0.39, 0.29) is 0 Å². The number of aldehydes is 1. The number of aryl methyl sites for hydroxylation is 1. The van der Waals surface area contributed by atoms with Gasteiger partial charge in [0.05, 0.1) is 22.5 Å². The second-order valence-electron chi connectivity index (χ2n) is 4.26. The summed E-state index contributed by atoms with van der Waals surface area (Å²) in [6.07, 6.45) is 3.81. The monoisotopic (exact) mass is 287 g/mol. The summed E-state index contributed by atoms with van der Waals surface area (Å²) in [5.41, 5.74) is 8.40. The molecule has 0 unspecified atom stereocenters. The largest absolute Gasteiger partial charge is 0.384 e. The fourth-order valence-corrected chi connectivity index (χ4v) is 2.10. The van der Waals surface area contributed by atoms with Crippen molar-refractivity contribution in [3.8, 4) is 11.4 Å². The van der Waals surface area contributed by atoms with Crippen LogP contribution in [0, 0.1) is 0 Å². The second kappa shape index (κ2) is 4.57. The van der Waals surface area contributed by atoms with Crippen molar-refractivity contribution in [3.05, 3.63) is 35.1 Å². The minimum absolute atomic E-state index is 0.339. The van der Waals surface area contributed by atoms with Gasteiger partial charge in [0.2, 0.25) is 0 Å². The van der Waals surface area contributed by atoms with Gasteiger partial charge in [-0.2, -0.15) is 0 Å². The van der Waals surface area contributed by atoms with E-state index in [1.165, 1.54) is 6.20 Å². The summed E-state index contributed by atoms with van der Waals surface area (Å²) in [7, 11) is 1.74. The van der Waals surface area contributed by atoms with Gasteiger partial charge in [0, 0.05) is 13.2 Å². The number of carbonyl (C=O) groups is 1. The molecule has 0 amide bonds. The van der Waals surface area contributed by atoms with Crippen molar-refractivity contribution in [3.63, 3.8) is 0 Å². The highest BCUT2D eigenvalue weighted by Crippen LogP contribution is 2.25. The average molecular weight is 288 g/mol. The molecule has 20 heavy (non-hydrogen) atoms. The molecular formula is C13H10ClN5O. The Balaban J connectivity index is 2.24. The number of rotatable bonds is 2. The van der Waals surface area contributed by atoms with Crippen LogP contribution in [0.4, 0.5) is 5.82 Å². The van der Waals surface area contributed by atoms with Crippen LogP contribution in [-0.4, -0.2) is 25.8 Å². The van der Waals surface area contributed by atoms with Crippen molar-refractivity contribution in [2.75, 3.05) is 5.73 Å². The minimum Gasteiger partial charge on any atom is -0.384 e. The number of nitrogens with two attached hydrogens (primary N) is 1. The number of hydrogen-bond acceptors (Lipinski definition) is 5. The molecule has 0 atom stereocenters. The van der Waals surface area contributed by atoms with Gasteiger partial charge >= 0.3 is 0 Å². The Morgan fingerprint density at radius 3 is 2.70 bits per heavy atom. The van der Waals surface area contributed by atoms with E-state index in [4.69, 9.17) is 17.3 Å². The maximum atomic E-state index is 11.2. The van der Waals surface area contributed by atoms with Crippen LogP contribution in [-0.2, 0) is 7.05 Å². The lowest BCUT2D eigenvalue weighted by Gasteiger charge is -2.01. The molecule has 0 fully saturated rings.